The summed E-state index contributed by atoms with van der Waals surface area (Å²) in [5.41, 5.74) is 0.949. The number of rotatable bonds is 4. The van der Waals surface area contributed by atoms with Crippen molar-refractivity contribution in [2.75, 3.05) is 0 Å². The Morgan fingerprint density at radius 2 is 1.86 bits per heavy atom. The Bertz CT molecular complexity index is 766. The molecule has 112 valence electrons. The first kappa shape index (κ1) is 15.4. The fourth-order valence-electron chi connectivity index (χ4n) is 1.89. The van der Waals surface area contributed by atoms with E-state index in [0.717, 1.165) is 6.07 Å². The lowest BCUT2D eigenvalue weighted by molar-refractivity contribution is -0.384. The molecular formula is C16H12FNO4. The number of nitro benzene ring substituents is 1. The summed E-state index contributed by atoms with van der Waals surface area (Å²) in [5.74, 6) is -1.70. The maximum absolute atomic E-state index is 13.6. The molecule has 0 bridgehead atoms. The van der Waals surface area contributed by atoms with Crippen LogP contribution in [0.15, 0.2) is 42.5 Å². The van der Waals surface area contributed by atoms with E-state index in [0.29, 0.717) is 11.1 Å². The highest BCUT2D eigenvalue weighted by Gasteiger charge is 2.13. The van der Waals surface area contributed by atoms with E-state index in [1.165, 1.54) is 42.5 Å². The summed E-state index contributed by atoms with van der Waals surface area (Å²) in [4.78, 5) is 21.4. The van der Waals surface area contributed by atoms with Gasteiger partial charge in [0.2, 0.25) is 0 Å². The van der Waals surface area contributed by atoms with Crippen molar-refractivity contribution < 1.29 is 19.2 Å². The average Bonchev–Trinajstić information content (AvgIpc) is 2.48. The van der Waals surface area contributed by atoms with E-state index in [-0.39, 0.29) is 16.8 Å². The first-order chi connectivity index (χ1) is 10.4. The van der Waals surface area contributed by atoms with Crippen molar-refractivity contribution >= 4 is 23.3 Å². The van der Waals surface area contributed by atoms with Gasteiger partial charge in [-0.15, -0.1) is 0 Å². The molecule has 0 amide bonds. The molecule has 0 saturated carbocycles. The maximum atomic E-state index is 13.6. The number of carboxylic acid groups (broad SMARTS) is 1. The quantitative estimate of drug-likeness (QED) is 0.404. The first-order valence-electron chi connectivity index (χ1n) is 6.34. The molecule has 5 nitrogen and oxygen atoms in total. The molecule has 0 aliphatic heterocycles. The van der Waals surface area contributed by atoms with Gasteiger partial charge in [0.15, 0.2) is 0 Å². The van der Waals surface area contributed by atoms with Crippen LogP contribution in [0.2, 0.25) is 0 Å². The Morgan fingerprint density at radius 1 is 1.23 bits per heavy atom. The number of carbonyl (C=O) groups is 1. The zero-order valence-electron chi connectivity index (χ0n) is 11.6. The van der Waals surface area contributed by atoms with Crippen molar-refractivity contribution in [3.05, 3.63) is 75.1 Å². The smallest absolute Gasteiger partial charge is 0.336 e. The van der Waals surface area contributed by atoms with E-state index in [1.807, 2.05) is 0 Å². The first-order valence-corrected chi connectivity index (χ1v) is 6.34. The second-order valence-corrected chi connectivity index (χ2v) is 4.68. The minimum absolute atomic E-state index is 0.0876. The van der Waals surface area contributed by atoms with Crippen LogP contribution in [0.1, 0.15) is 16.7 Å². The Morgan fingerprint density at radius 3 is 2.36 bits per heavy atom. The summed E-state index contributed by atoms with van der Waals surface area (Å²) in [6.45, 7) is 1.58. The summed E-state index contributed by atoms with van der Waals surface area (Å²) < 4.78 is 13.6. The minimum atomic E-state index is -1.21. The fourth-order valence-corrected chi connectivity index (χ4v) is 1.89. The third kappa shape index (κ3) is 3.35. The van der Waals surface area contributed by atoms with Crippen molar-refractivity contribution in [3.8, 4) is 0 Å². The van der Waals surface area contributed by atoms with Gasteiger partial charge in [0.05, 0.1) is 10.5 Å². The van der Waals surface area contributed by atoms with E-state index in [9.17, 15) is 24.4 Å². The average molecular weight is 301 g/mol. The monoisotopic (exact) mass is 301 g/mol. The number of aliphatic carboxylic acids is 1. The zero-order chi connectivity index (χ0) is 16.3. The van der Waals surface area contributed by atoms with Crippen molar-refractivity contribution in [3.63, 3.8) is 0 Å². The highest BCUT2D eigenvalue weighted by atomic mass is 19.1. The third-order valence-corrected chi connectivity index (χ3v) is 3.13. The van der Waals surface area contributed by atoms with Crippen LogP contribution < -0.4 is 0 Å². The van der Waals surface area contributed by atoms with Crippen LogP contribution in [0.25, 0.3) is 11.6 Å². The van der Waals surface area contributed by atoms with Gasteiger partial charge in [-0.25, -0.2) is 9.18 Å². The normalized spacial score (nSPS) is 11.3. The molecule has 1 N–H and O–H groups in total. The maximum Gasteiger partial charge on any atom is 0.336 e. The van der Waals surface area contributed by atoms with E-state index in [2.05, 4.69) is 0 Å². The molecule has 2 aromatic carbocycles. The lowest BCUT2D eigenvalue weighted by atomic mass is 10.0. The summed E-state index contributed by atoms with van der Waals surface area (Å²) >= 11 is 0. The van der Waals surface area contributed by atoms with Crippen LogP contribution in [0, 0.1) is 22.9 Å². The largest absolute Gasteiger partial charge is 0.478 e. The number of carboxylic acids is 1. The highest BCUT2D eigenvalue weighted by Crippen LogP contribution is 2.22. The molecule has 2 rings (SSSR count). The van der Waals surface area contributed by atoms with Gasteiger partial charge >= 0.3 is 5.97 Å². The van der Waals surface area contributed by atoms with Gasteiger partial charge in [-0.05, 0) is 47.9 Å². The van der Waals surface area contributed by atoms with Gasteiger partial charge in [-0.3, -0.25) is 10.1 Å². The van der Waals surface area contributed by atoms with Crippen molar-refractivity contribution in [2.24, 2.45) is 0 Å². The van der Waals surface area contributed by atoms with Gasteiger partial charge in [0.25, 0.3) is 5.69 Å². The number of benzene rings is 2. The molecule has 0 aromatic heterocycles. The van der Waals surface area contributed by atoms with E-state index in [1.54, 1.807) is 6.92 Å². The molecule has 0 aliphatic rings. The summed E-state index contributed by atoms with van der Waals surface area (Å²) in [5, 5.41) is 19.9. The molecular weight excluding hydrogens is 289 g/mol. The Kier molecular flexibility index (Phi) is 4.31. The van der Waals surface area contributed by atoms with Crippen molar-refractivity contribution in [1.29, 1.82) is 0 Å². The number of halogens is 1. The molecule has 2 aromatic rings. The molecule has 0 saturated heterocycles. The summed E-state index contributed by atoms with van der Waals surface area (Å²) in [7, 11) is 0. The number of hydrogen-bond donors (Lipinski definition) is 1. The predicted octanol–water partition coefficient (Wildman–Crippen LogP) is 3.67. The number of non-ortho nitro benzene ring substituents is 1. The van der Waals surface area contributed by atoms with Crippen molar-refractivity contribution in [2.45, 2.75) is 6.92 Å². The van der Waals surface area contributed by atoms with Gasteiger partial charge in [0, 0.05) is 12.1 Å². The molecule has 0 heterocycles. The van der Waals surface area contributed by atoms with Crippen LogP contribution in [0.4, 0.5) is 10.1 Å². The minimum Gasteiger partial charge on any atom is -0.478 e. The molecule has 0 spiro atoms. The second kappa shape index (κ2) is 6.17. The Balaban J connectivity index is 2.44. The third-order valence-electron chi connectivity index (χ3n) is 3.13. The molecule has 0 aliphatic carbocycles. The molecule has 0 fully saturated rings. The van der Waals surface area contributed by atoms with Crippen LogP contribution in [0.5, 0.6) is 0 Å². The highest BCUT2D eigenvalue weighted by molar-refractivity contribution is 6.20. The molecule has 0 atom stereocenters. The molecule has 22 heavy (non-hydrogen) atoms. The van der Waals surface area contributed by atoms with Gasteiger partial charge in [-0.1, -0.05) is 12.1 Å². The summed E-state index contributed by atoms with van der Waals surface area (Å²) in [6.07, 6.45) is 1.34. The fraction of sp³-hybridized carbons (Fsp3) is 0.0625. The van der Waals surface area contributed by atoms with Crippen LogP contribution >= 0.6 is 0 Å². The number of nitrogens with zero attached hydrogens (tertiary/aromatic N) is 1. The number of aryl methyl sites for hydroxylation is 1. The molecule has 6 heteroatoms. The lowest BCUT2D eigenvalue weighted by Crippen LogP contribution is -2.00. The molecule has 0 unspecified atom stereocenters. The second-order valence-electron chi connectivity index (χ2n) is 4.68. The summed E-state index contributed by atoms with van der Waals surface area (Å²) in [6, 6.07) is 9.60. The topological polar surface area (TPSA) is 80.4 Å². The number of hydrogen-bond acceptors (Lipinski definition) is 3. The standard InChI is InChI=1S/C16H12FNO4/c1-10-2-5-12(9-15(10)17)14(16(19)20)8-11-3-6-13(7-4-11)18(21)22/h2-9H,1H3,(H,19,20)/b14-8-. The SMILES string of the molecule is Cc1ccc(/C(=C/c2ccc([N+](=O)[O-])cc2)C(=O)O)cc1F. The van der Waals surface area contributed by atoms with E-state index >= 15 is 0 Å². The van der Waals surface area contributed by atoms with E-state index < -0.39 is 16.7 Å². The van der Waals surface area contributed by atoms with E-state index in [4.69, 9.17) is 0 Å². The van der Waals surface area contributed by atoms with Crippen molar-refractivity contribution in [1.82, 2.24) is 0 Å². The predicted molar refractivity (Wildman–Crippen MR) is 79.7 cm³/mol. The molecule has 0 radical (unpaired) electrons. The zero-order valence-corrected chi connectivity index (χ0v) is 11.6. The van der Waals surface area contributed by atoms with Crippen LogP contribution in [-0.2, 0) is 4.79 Å². The number of nitro groups is 1. The Labute approximate surface area is 125 Å². The van der Waals surface area contributed by atoms with Crippen LogP contribution in [-0.4, -0.2) is 16.0 Å². The lowest BCUT2D eigenvalue weighted by Gasteiger charge is -2.05. The van der Waals surface area contributed by atoms with Gasteiger partial charge in [0.1, 0.15) is 5.82 Å². The Hall–Kier alpha value is -3.02. The van der Waals surface area contributed by atoms with Gasteiger partial charge in [-0.2, -0.15) is 0 Å². The van der Waals surface area contributed by atoms with Gasteiger partial charge < -0.3 is 5.11 Å². The van der Waals surface area contributed by atoms with Crippen LogP contribution in [0.3, 0.4) is 0 Å².